The van der Waals surface area contributed by atoms with Crippen molar-refractivity contribution in [2.75, 3.05) is 6.54 Å². The minimum absolute atomic E-state index is 0.0996. The van der Waals surface area contributed by atoms with Crippen LogP contribution >= 0.6 is 24.8 Å². The fourth-order valence-corrected chi connectivity index (χ4v) is 1.16. The molecule has 3 nitrogen and oxygen atoms in total. The molecule has 5 heteroatoms. The second-order valence-corrected chi connectivity index (χ2v) is 4.45. The van der Waals surface area contributed by atoms with Crippen molar-refractivity contribution in [3.63, 3.8) is 0 Å². The molecule has 0 aromatic rings. The van der Waals surface area contributed by atoms with Crippen LogP contribution < -0.4 is 5.32 Å². The summed E-state index contributed by atoms with van der Waals surface area (Å²) < 4.78 is 0.413. The number of rotatable bonds is 5. The van der Waals surface area contributed by atoms with Crippen LogP contribution in [0, 0.1) is 11.8 Å². The van der Waals surface area contributed by atoms with Gasteiger partial charge in [-0.05, 0) is 11.8 Å². The molecule has 2 N–H and O–H groups in total. The molecule has 0 rings (SSSR count). The van der Waals surface area contributed by atoms with Crippen LogP contribution in [-0.4, -0.2) is 21.9 Å². The summed E-state index contributed by atoms with van der Waals surface area (Å²) >= 11 is 8.62. The van der Waals surface area contributed by atoms with Crippen LogP contribution in [0.15, 0.2) is 0 Å². The van der Waals surface area contributed by atoms with Crippen molar-refractivity contribution < 1.29 is 9.90 Å². The molecule has 0 aromatic heterocycles. The summed E-state index contributed by atoms with van der Waals surface area (Å²) in [5, 5.41) is 11.5. The Morgan fingerprint density at radius 1 is 1.62 bits per heavy atom. The molecule has 0 aromatic carbocycles. The Labute approximate surface area is 89.3 Å². The fourth-order valence-electron chi connectivity index (χ4n) is 0.986. The highest BCUT2D eigenvalue weighted by Crippen LogP contribution is 2.14. The Balaban J connectivity index is 3.95. The molecule has 0 amide bonds. The molecule has 0 fully saturated rings. The van der Waals surface area contributed by atoms with Crippen LogP contribution in [0.4, 0.5) is 0 Å². The minimum Gasteiger partial charge on any atom is -0.481 e. The number of nitrogens with one attached hydrogen (secondary N) is 1. The predicted molar refractivity (Wildman–Crippen MR) is 60.2 cm³/mol. The highest BCUT2D eigenvalue weighted by molar-refractivity contribution is 8.11. The summed E-state index contributed by atoms with van der Waals surface area (Å²) in [7, 11) is 0. The molecule has 0 radical (unpaired) electrons. The Kier molecular flexibility index (Phi) is 6.07. The predicted octanol–water partition coefficient (Wildman–Crippen LogP) is 1.54. The third-order valence-electron chi connectivity index (χ3n) is 1.90. The summed E-state index contributed by atoms with van der Waals surface area (Å²) in [5.74, 6) is -0.348. The van der Waals surface area contributed by atoms with Gasteiger partial charge in [0.15, 0.2) is 0 Å². The zero-order valence-electron chi connectivity index (χ0n) is 7.78. The van der Waals surface area contributed by atoms with Gasteiger partial charge in [0.25, 0.3) is 0 Å². The van der Waals surface area contributed by atoms with Gasteiger partial charge in [-0.15, -0.1) is 12.6 Å². The number of hydrogen-bond donors (Lipinski definition) is 3. The lowest BCUT2D eigenvalue weighted by Crippen LogP contribution is -2.29. The molecule has 0 aliphatic rings. The molecule has 1 unspecified atom stereocenters. The number of thiol groups is 1. The van der Waals surface area contributed by atoms with E-state index in [0.29, 0.717) is 16.8 Å². The van der Waals surface area contributed by atoms with Crippen molar-refractivity contribution in [3.8, 4) is 0 Å². The van der Waals surface area contributed by atoms with E-state index in [0.717, 1.165) is 0 Å². The van der Waals surface area contributed by atoms with Crippen molar-refractivity contribution in [1.29, 1.82) is 0 Å². The summed E-state index contributed by atoms with van der Waals surface area (Å²) in [6.07, 6.45) is 0.168. The summed E-state index contributed by atoms with van der Waals surface area (Å²) in [5.41, 5.74) is 0. The Morgan fingerprint density at radius 2 is 2.15 bits per heavy atom. The van der Waals surface area contributed by atoms with Gasteiger partial charge in [-0.3, -0.25) is 4.79 Å². The molecule has 0 saturated carbocycles. The normalized spacial score (nSPS) is 12.6. The number of aliphatic carboxylic acids is 1. The molecule has 76 valence electrons. The van der Waals surface area contributed by atoms with Gasteiger partial charge >= 0.3 is 5.97 Å². The molecule has 0 heterocycles. The maximum Gasteiger partial charge on any atom is 0.303 e. The van der Waals surface area contributed by atoms with E-state index in [-0.39, 0.29) is 12.3 Å². The average molecular weight is 221 g/mol. The quantitative estimate of drug-likeness (QED) is 0.487. The third kappa shape index (κ3) is 6.83. The summed E-state index contributed by atoms with van der Waals surface area (Å²) in [6.45, 7) is 4.57. The van der Waals surface area contributed by atoms with E-state index in [4.69, 9.17) is 17.3 Å². The van der Waals surface area contributed by atoms with Crippen molar-refractivity contribution in [2.45, 2.75) is 20.3 Å². The number of carboxylic acid groups (broad SMARTS) is 1. The first-order valence-electron chi connectivity index (χ1n) is 4.12. The zero-order chi connectivity index (χ0) is 10.4. The zero-order valence-corrected chi connectivity index (χ0v) is 9.49. The topological polar surface area (TPSA) is 49.3 Å². The lowest BCUT2D eigenvalue weighted by atomic mass is 9.93. The molecule has 0 aliphatic carbocycles. The first-order chi connectivity index (χ1) is 5.93. The molecule has 0 bridgehead atoms. The van der Waals surface area contributed by atoms with Crippen molar-refractivity contribution in [3.05, 3.63) is 0 Å². The second kappa shape index (κ2) is 6.21. The molecule has 0 aliphatic heterocycles. The highest BCUT2D eigenvalue weighted by Gasteiger charge is 2.16. The smallest absolute Gasteiger partial charge is 0.303 e. The Hall–Kier alpha value is -0.290. The van der Waals surface area contributed by atoms with Gasteiger partial charge in [0.05, 0.1) is 6.42 Å². The summed E-state index contributed by atoms with van der Waals surface area (Å²) in [4.78, 5) is 10.5. The van der Waals surface area contributed by atoms with Gasteiger partial charge in [0.1, 0.15) is 4.32 Å². The van der Waals surface area contributed by atoms with Crippen LogP contribution in [0.1, 0.15) is 20.3 Å². The van der Waals surface area contributed by atoms with E-state index < -0.39 is 5.97 Å². The minimum atomic E-state index is -0.773. The van der Waals surface area contributed by atoms with Gasteiger partial charge < -0.3 is 10.4 Å². The number of carboxylic acids is 1. The number of carbonyl (C=O) groups is 1. The van der Waals surface area contributed by atoms with Gasteiger partial charge in [-0.25, -0.2) is 0 Å². The standard InChI is InChI=1S/C8H15NO2S2/c1-5(2)6(3-7(10)11)4-9-8(12)13/h5-6H,3-4H2,1-2H3,(H,10,11)(H2,9,12,13). The first kappa shape index (κ1) is 12.7. The van der Waals surface area contributed by atoms with Crippen molar-refractivity contribution in [2.24, 2.45) is 11.8 Å². The average Bonchev–Trinajstić information content (AvgIpc) is 1.96. The Morgan fingerprint density at radius 3 is 2.46 bits per heavy atom. The monoisotopic (exact) mass is 221 g/mol. The summed E-state index contributed by atoms with van der Waals surface area (Å²) in [6, 6.07) is 0. The number of thiocarbonyl (C=S) groups is 1. The molecule has 1 atom stereocenters. The molecular formula is C8H15NO2S2. The molecule has 13 heavy (non-hydrogen) atoms. The molecular weight excluding hydrogens is 206 g/mol. The van der Waals surface area contributed by atoms with Crippen molar-refractivity contribution in [1.82, 2.24) is 5.32 Å². The van der Waals surface area contributed by atoms with Crippen molar-refractivity contribution >= 4 is 35.1 Å². The lowest BCUT2D eigenvalue weighted by Gasteiger charge is -2.19. The van der Waals surface area contributed by atoms with E-state index >= 15 is 0 Å². The van der Waals surface area contributed by atoms with Crippen LogP contribution in [0.25, 0.3) is 0 Å². The van der Waals surface area contributed by atoms with Gasteiger partial charge in [-0.1, -0.05) is 26.1 Å². The van der Waals surface area contributed by atoms with Gasteiger partial charge in [0.2, 0.25) is 0 Å². The SMILES string of the molecule is CC(C)C(CNC(=S)S)CC(=O)O. The third-order valence-corrected chi connectivity index (χ3v) is 2.20. The van der Waals surface area contributed by atoms with Gasteiger partial charge in [0, 0.05) is 6.54 Å². The van der Waals surface area contributed by atoms with Crippen LogP contribution in [0.2, 0.25) is 0 Å². The fraction of sp³-hybridized carbons (Fsp3) is 0.750. The van der Waals surface area contributed by atoms with E-state index in [1.54, 1.807) is 0 Å². The van der Waals surface area contributed by atoms with Crippen LogP contribution in [0.5, 0.6) is 0 Å². The molecule has 0 spiro atoms. The Bertz CT molecular complexity index is 195. The maximum atomic E-state index is 10.5. The number of hydrogen-bond acceptors (Lipinski definition) is 2. The van der Waals surface area contributed by atoms with E-state index in [9.17, 15) is 4.79 Å². The second-order valence-electron chi connectivity index (χ2n) is 3.29. The maximum absolute atomic E-state index is 10.5. The van der Waals surface area contributed by atoms with Crippen LogP contribution in [0.3, 0.4) is 0 Å². The largest absolute Gasteiger partial charge is 0.481 e. The van der Waals surface area contributed by atoms with E-state index in [2.05, 4.69) is 17.9 Å². The lowest BCUT2D eigenvalue weighted by molar-refractivity contribution is -0.138. The van der Waals surface area contributed by atoms with Crippen LogP contribution in [-0.2, 0) is 4.79 Å². The van der Waals surface area contributed by atoms with Gasteiger partial charge in [-0.2, -0.15) is 0 Å². The highest BCUT2D eigenvalue weighted by atomic mass is 32.1. The van der Waals surface area contributed by atoms with E-state index in [1.807, 2.05) is 13.8 Å². The van der Waals surface area contributed by atoms with E-state index in [1.165, 1.54) is 0 Å². The molecule has 0 saturated heterocycles. The first-order valence-corrected chi connectivity index (χ1v) is 4.97.